The molecule has 0 aromatic heterocycles. The van der Waals surface area contributed by atoms with Crippen LogP contribution < -0.4 is 11.1 Å². The van der Waals surface area contributed by atoms with Crippen molar-refractivity contribution < 1.29 is 4.79 Å². The van der Waals surface area contributed by atoms with Crippen molar-refractivity contribution in [1.82, 2.24) is 10.2 Å². The van der Waals surface area contributed by atoms with Crippen LogP contribution in [0.4, 0.5) is 0 Å². The van der Waals surface area contributed by atoms with Gasteiger partial charge in [-0.25, -0.2) is 0 Å². The fourth-order valence-electron chi connectivity index (χ4n) is 2.28. The van der Waals surface area contributed by atoms with Crippen molar-refractivity contribution in [2.45, 2.75) is 51.6 Å². The lowest BCUT2D eigenvalue weighted by Gasteiger charge is -2.24. The summed E-state index contributed by atoms with van der Waals surface area (Å²) in [5.41, 5.74) is 5.70. The molecule has 1 saturated carbocycles. The molecule has 17 heavy (non-hydrogen) atoms. The molecule has 0 aliphatic heterocycles. The van der Waals surface area contributed by atoms with E-state index in [0.717, 1.165) is 19.1 Å². The molecule has 0 bridgehead atoms. The van der Waals surface area contributed by atoms with Gasteiger partial charge in [0.15, 0.2) is 0 Å². The molecule has 0 saturated heterocycles. The zero-order valence-corrected chi connectivity index (χ0v) is 11.4. The van der Waals surface area contributed by atoms with Crippen LogP contribution in [-0.4, -0.2) is 43.0 Å². The number of hydrogen-bond acceptors (Lipinski definition) is 3. The molecule has 1 amide bonds. The molecule has 1 fully saturated rings. The molecule has 2 unspecified atom stereocenters. The number of hydrogen-bond donors (Lipinski definition) is 2. The van der Waals surface area contributed by atoms with E-state index in [1.165, 1.54) is 25.7 Å². The van der Waals surface area contributed by atoms with E-state index < -0.39 is 0 Å². The van der Waals surface area contributed by atoms with Gasteiger partial charge in [0.1, 0.15) is 0 Å². The van der Waals surface area contributed by atoms with Crippen molar-refractivity contribution in [2.75, 3.05) is 20.1 Å². The van der Waals surface area contributed by atoms with E-state index in [9.17, 15) is 4.79 Å². The van der Waals surface area contributed by atoms with Gasteiger partial charge in [0.05, 0.1) is 0 Å². The highest BCUT2D eigenvalue weighted by Gasteiger charge is 2.20. The van der Waals surface area contributed by atoms with E-state index in [0.29, 0.717) is 0 Å². The Kier molecular flexibility index (Phi) is 5.92. The quantitative estimate of drug-likeness (QED) is 0.728. The molecule has 0 aromatic rings. The van der Waals surface area contributed by atoms with Gasteiger partial charge in [0.2, 0.25) is 5.91 Å². The van der Waals surface area contributed by atoms with Crippen molar-refractivity contribution in [3.63, 3.8) is 0 Å². The third kappa shape index (κ3) is 4.64. The van der Waals surface area contributed by atoms with E-state index in [1.807, 2.05) is 13.8 Å². The van der Waals surface area contributed by atoms with Crippen LogP contribution in [0.1, 0.15) is 39.5 Å². The van der Waals surface area contributed by atoms with Gasteiger partial charge in [-0.1, -0.05) is 19.8 Å². The predicted octanol–water partition coefficient (Wildman–Crippen LogP) is 0.960. The number of carbonyl (C=O) groups excluding carboxylic acids is 1. The summed E-state index contributed by atoms with van der Waals surface area (Å²) in [7, 11) is 2.15. The smallest absolute Gasteiger partial charge is 0.224 e. The Bertz CT molecular complexity index is 237. The lowest BCUT2D eigenvalue weighted by molar-refractivity contribution is -0.124. The van der Waals surface area contributed by atoms with E-state index in [-0.39, 0.29) is 17.9 Å². The van der Waals surface area contributed by atoms with Crippen LogP contribution in [0.2, 0.25) is 0 Å². The Morgan fingerprint density at radius 2 is 2.00 bits per heavy atom. The van der Waals surface area contributed by atoms with Crippen LogP contribution in [-0.2, 0) is 4.79 Å². The maximum atomic E-state index is 11.7. The van der Waals surface area contributed by atoms with E-state index in [4.69, 9.17) is 5.73 Å². The van der Waals surface area contributed by atoms with Crippen molar-refractivity contribution in [3.8, 4) is 0 Å². The largest absolute Gasteiger partial charge is 0.355 e. The summed E-state index contributed by atoms with van der Waals surface area (Å²) in [6, 6.07) is 0.639. The van der Waals surface area contributed by atoms with E-state index in [1.54, 1.807) is 0 Å². The Morgan fingerprint density at radius 1 is 1.41 bits per heavy atom. The Morgan fingerprint density at radius 3 is 2.53 bits per heavy atom. The number of rotatable bonds is 6. The van der Waals surface area contributed by atoms with Gasteiger partial charge in [0, 0.05) is 31.1 Å². The maximum Gasteiger partial charge on any atom is 0.224 e. The molecule has 4 nitrogen and oxygen atoms in total. The normalized spacial score (nSPS) is 20.5. The second kappa shape index (κ2) is 6.97. The summed E-state index contributed by atoms with van der Waals surface area (Å²) in [5, 5.41) is 2.96. The molecule has 1 aliphatic carbocycles. The van der Waals surface area contributed by atoms with Crippen molar-refractivity contribution in [3.05, 3.63) is 0 Å². The molecule has 100 valence electrons. The third-order valence-electron chi connectivity index (χ3n) is 3.91. The Balaban J connectivity index is 2.16. The van der Waals surface area contributed by atoms with Crippen LogP contribution in [0.25, 0.3) is 0 Å². The minimum absolute atomic E-state index is 0.0693. The number of carbonyl (C=O) groups is 1. The SMILES string of the molecule is CC(N)C(C)C(=O)NCCN(C)C1CCCC1. The summed E-state index contributed by atoms with van der Waals surface area (Å²) in [6.07, 6.45) is 5.31. The maximum absolute atomic E-state index is 11.7. The monoisotopic (exact) mass is 241 g/mol. The topological polar surface area (TPSA) is 58.4 Å². The number of likely N-dealkylation sites (N-methyl/N-ethyl adjacent to an activating group) is 1. The number of nitrogens with one attached hydrogen (secondary N) is 1. The fraction of sp³-hybridized carbons (Fsp3) is 0.923. The molecule has 0 spiro atoms. The highest BCUT2D eigenvalue weighted by Crippen LogP contribution is 2.21. The minimum Gasteiger partial charge on any atom is -0.355 e. The zero-order chi connectivity index (χ0) is 12.8. The molecule has 3 N–H and O–H groups in total. The average molecular weight is 241 g/mol. The van der Waals surface area contributed by atoms with Crippen LogP contribution in [0.5, 0.6) is 0 Å². The molecule has 0 radical (unpaired) electrons. The minimum atomic E-state index is -0.105. The molecule has 0 heterocycles. The highest BCUT2D eigenvalue weighted by atomic mass is 16.1. The van der Waals surface area contributed by atoms with Crippen LogP contribution in [0, 0.1) is 5.92 Å². The second-order valence-corrected chi connectivity index (χ2v) is 5.36. The van der Waals surface area contributed by atoms with Gasteiger partial charge in [-0.3, -0.25) is 4.79 Å². The van der Waals surface area contributed by atoms with Gasteiger partial charge < -0.3 is 16.0 Å². The van der Waals surface area contributed by atoms with Gasteiger partial charge in [-0.15, -0.1) is 0 Å². The number of amides is 1. The van der Waals surface area contributed by atoms with Crippen molar-refractivity contribution in [2.24, 2.45) is 11.7 Å². The van der Waals surface area contributed by atoms with Gasteiger partial charge in [-0.05, 0) is 26.8 Å². The highest BCUT2D eigenvalue weighted by molar-refractivity contribution is 5.78. The standard InChI is InChI=1S/C13H27N3O/c1-10(11(2)14)13(17)15-8-9-16(3)12-6-4-5-7-12/h10-12H,4-9,14H2,1-3H3,(H,15,17). The summed E-state index contributed by atoms with van der Waals surface area (Å²) < 4.78 is 0. The van der Waals surface area contributed by atoms with Gasteiger partial charge in [0.25, 0.3) is 0 Å². The molecule has 4 heteroatoms. The second-order valence-electron chi connectivity index (χ2n) is 5.36. The third-order valence-corrected chi connectivity index (χ3v) is 3.91. The Labute approximate surface area is 105 Å². The van der Waals surface area contributed by atoms with Crippen LogP contribution in [0.3, 0.4) is 0 Å². The summed E-state index contributed by atoms with van der Waals surface area (Å²) in [4.78, 5) is 14.0. The van der Waals surface area contributed by atoms with Crippen LogP contribution in [0.15, 0.2) is 0 Å². The Hall–Kier alpha value is -0.610. The first-order valence-electron chi connectivity index (χ1n) is 6.76. The molecular weight excluding hydrogens is 214 g/mol. The number of nitrogens with zero attached hydrogens (tertiary/aromatic N) is 1. The summed E-state index contributed by atoms with van der Waals surface area (Å²) in [6.45, 7) is 5.40. The first-order chi connectivity index (χ1) is 8.02. The molecule has 2 atom stereocenters. The van der Waals surface area contributed by atoms with Crippen molar-refractivity contribution in [1.29, 1.82) is 0 Å². The van der Waals surface area contributed by atoms with Gasteiger partial charge in [-0.2, -0.15) is 0 Å². The van der Waals surface area contributed by atoms with Crippen LogP contribution >= 0.6 is 0 Å². The van der Waals surface area contributed by atoms with Crippen molar-refractivity contribution >= 4 is 5.91 Å². The first-order valence-corrected chi connectivity index (χ1v) is 6.76. The fourth-order valence-corrected chi connectivity index (χ4v) is 2.28. The molecular formula is C13H27N3O. The van der Waals surface area contributed by atoms with Gasteiger partial charge >= 0.3 is 0 Å². The molecule has 0 aromatic carbocycles. The van der Waals surface area contributed by atoms with E-state index in [2.05, 4.69) is 17.3 Å². The average Bonchev–Trinajstić information content (AvgIpc) is 2.80. The molecule has 1 aliphatic rings. The first kappa shape index (κ1) is 14.5. The lowest BCUT2D eigenvalue weighted by atomic mass is 10.0. The predicted molar refractivity (Wildman–Crippen MR) is 70.7 cm³/mol. The van der Waals surface area contributed by atoms with E-state index >= 15 is 0 Å². The summed E-state index contributed by atoms with van der Waals surface area (Å²) >= 11 is 0. The zero-order valence-electron chi connectivity index (χ0n) is 11.4. The lowest BCUT2D eigenvalue weighted by Crippen LogP contribution is -2.42. The molecule has 1 rings (SSSR count). The summed E-state index contributed by atoms with van der Waals surface area (Å²) in [5.74, 6) is -0.0355. The number of nitrogens with two attached hydrogens (primary N) is 1.